The van der Waals surface area contributed by atoms with Gasteiger partial charge in [0, 0.05) is 12.4 Å². The van der Waals surface area contributed by atoms with Crippen LogP contribution in [0.25, 0.3) is 0 Å². The maximum atomic E-state index is 5.74. The van der Waals surface area contributed by atoms with Crippen molar-refractivity contribution in [1.29, 1.82) is 0 Å². The van der Waals surface area contributed by atoms with Crippen LogP contribution in [0.5, 0.6) is 5.88 Å². The lowest BCUT2D eigenvalue weighted by atomic mass is 10.1. The van der Waals surface area contributed by atoms with Crippen LogP contribution in [0.15, 0.2) is 12.4 Å². The Kier molecular flexibility index (Phi) is 4.86. The van der Waals surface area contributed by atoms with Gasteiger partial charge >= 0.3 is 0 Å². The smallest absolute Gasteiger partial charge is 0.237 e. The van der Waals surface area contributed by atoms with Crippen molar-refractivity contribution in [2.24, 2.45) is 0 Å². The molecule has 1 aliphatic heterocycles. The van der Waals surface area contributed by atoms with E-state index in [-0.39, 0.29) is 12.1 Å². The molecule has 1 fully saturated rings. The molecule has 6 heteroatoms. The van der Waals surface area contributed by atoms with Crippen molar-refractivity contribution in [3.8, 4) is 5.88 Å². The number of rotatable bonds is 5. The zero-order valence-corrected chi connectivity index (χ0v) is 10.8. The Labute approximate surface area is 107 Å². The summed E-state index contributed by atoms with van der Waals surface area (Å²) in [6.45, 7) is 4.66. The van der Waals surface area contributed by atoms with Crippen molar-refractivity contribution < 1.29 is 14.2 Å². The molecule has 0 amide bonds. The minimum atomic E-state index is -0.0704. The minimum Gasteiger partial charge on any atom is -0.480 e. The second-order valence-corrected chi connectivity index (χ2v) is 3.97. The molecule has 18 heavy (non-hydrogen) atoms. The summed E-state index contributed by atoms with van der Waals surface area (Å²) >= 11 is 0. The van der Waals surface area contributed by atoms with Crippen LogP contribution >= 0.6 is 0 Å². The molecule has 1 N–H and O–H groups in total. The third-order valence-electron chi connectivity index (χ3n) is 2.82. The molecule has 6 nitrogen and oxygen atoms in total. The van der Waals surface area contributed by atoms with E-state index in [4.69, 9.17) is 14.2 Å². The quantitative estimate of drug-likeness (QED) is 0.826. The number of likely N-dealkylation sites (N-methyl/N-ethyl adjacent to an activating group) is 1. The molecule has 0 spiro atoms. The summed E-state index contributed by atoms with van der Waals surface area (Å²) < 4.78 is 16.4. The molecule has 0 bridgehead atoms. The molecule has 1 saturated heterocycles. The zero-order valence-electron chi connectivity index (χ0n) is 10.8. The van der Waals surface area contributed by atoms with Crippen LogP contribution in [-0.2, 0) is 9.47 Å². The maximum Gasteiger partial charge on any atom is 0.237 e. The number of nitrogens with zero attached hydrogens (tertiary/aromatic N) is 2. The summed E-state index contributed by atoms with van der Waals surface area (Å²) in [5.74, 6) is 0.526. The Bertz CT molecular complexity index is 369. The van der Waals surface area contributed by atoms with Crippen LogP contribution < -0.4 is 10.1 Å². The molecule has 2 unspecified atom stereocenters. The second kappa shape index (κ2) is 6.63. The normalized spacial score (nSPS) is 21.6. The standard InChI is InChI=1S/C12H19N3O3/c1-3-13-10(9-8-17-6-7-18-9)11-12(16-2)15-5-4-14-11/h4-5,9-10,13H,3,6-8H2,1-2H3. The topological polar surface area (TPSA) is 65.5 Å². The summed E-state index contributed by atoms with van der Waals surface area (Å²) in [6, 6.07) is -0.0704. The summed E-state index contributed by atoms with van der Waals surface area (Å²) in [5.41, 5.74) is 0.761. The molecule has 2 rings (SSSR count). The molecule has 1 aromatic heterocycles. The van der Waals surface area contributed by atoms with Gasteiger partial charge in [-0.1, -0.05) is 6.92 Å². The molecule has 1 aromatic rings. The highest BCUT2D eigenvalue weighted by Gasteiger charge is 2.29. The van der Waals surface area contributed by atoms with E-state index in [9.17, 15) is 0 Å². The largest absolute Gasteiger partial charge is 0.480 e. The van der Waals surface area contributed by atoms with E-state index < -0.39 is 0 Å². The number of aromatic nitrogens is 2. The van der Waals surface area contributed by atoms with Crippen molar-refractivity contribution >= 4 is 0 Å². The number of methoxy groups -OCH3 is 1. The fourth-order valence-corrected chi connectivity index (χ4v) is 2.03. The van der Waals surface area contributed by atoms with Crippen molar-refractivity contribution in [2.45, 2.75) is 19.1 Å². The van der Waals surface area contributed by atoms with E-state index in [1.165, 1.54) is 0 Å². The van der Waals surface area contributed by atoms with Gasteiger partial charge in [0.05, 0.1) is 33.0 Å². The van der Waals surface area contributed by atoms with Gasteiger partial charge in [0.2, 0.25) is 5.88 Å². The first-order chi connectivity index (χ1) is 8.86. The highest BCUT2D eigenvalue weighted by Crippen LogP contribution is 2.25. The highest BCUT2D eigenvalue weighted by molar-refractivity contribution is 5.22. The second-order valence-electron chi connectivity index (χ2n) is 3.97. The van der Waals surface area contributed by atoms with Gasteiger partial charge in [-0.3, -0.25) is 4.98 Å². The van der Waals surface area contributed by atoms with E-state index in [1.807, 2.05) is 6.92 Å². The molecule has 0 saturated carbocycles. The van der Waals surface area contributed by atoms with E-state index in [2.05, 4.69) is 15.3 Å². The van der Waals surface area contributed by atoms with Gasteiger partial charge in [0.1, 0.15) is 11.8 Å². The van der Waals surface area contributed by atoms with Crippen molar-refractivity contribution in [2.75, 3.05) is 33.5 Å². The van der Waals surface area contributed by atoms with Crippen LogP contribution in [0.3, 0.4) is 0 Å². The Morgan fingerprint density at radius 1 is 1.44 bits per heavy atom. The molecule has 2 heterocycles. The molecule has 0 aliphatic carbocycles. The van der Waals surface area contributed by atoms with E-state index in [1.54, 1.807) is 19.5 Å². The maximum absolute atomic E-state index is 5.74. The third-order valence-corrected chi connectivity index (χ3v) is 2.82. The van der Waals surface area contributed by atoms with E-state index in [0.717, 1.165) is 12.2 Å². The number of nitrogens with one attached hydrogen (secondary N) is 1. The van der Waals surface area contributed by atoms with Gasteiger partial charge in [-0.25, -0.2) is 4.98 Å². The summed E-state index contributed by atoms with van der Waals surface area (Å²) in [4.78, 5) is 8.53. The van der Waals surface area contributed by atoms with Crippen molar-refractivity contribution in [3.05, 3.63) is 18.1 Å². The lowest BCUT2D eigenvalue weighted by Gasteiger charge is -2.30. The molecule has 1 aliphatic rings. The van der Waals surface area contributed by atoms with Gasteiger partial charge in [-0.2, -0.15) is 0 Å². The summed E-state index contributed by atoms with van der Waals surface area (Å²) in [7, 11) is 1.59. The summed E-state index contributed by atoms with van der Waals surface area (Å²) in [6.07, 6.45) is 3.21. The monoisotopic (exact) mass is 253 g/mol. The van der Waals surface area contributed by atoms with Crippen LogP contribution in [0, 0.1) is 0 Å². The first-order valence-electron chi connectivity index (χ1n) is 6.14. The lowest BCUT2D eigenvalue weighted by molar-refractivity contribution is -0.103. The highest BCUT2D eigenvalue weighted by atomic mass is 16.6. The molecule has 0 aromatic carbocycles. The van der Waals surface area contributed by atoms with Gasteiger partial charge in [-0.05, 0) is 6.54 Å². The van der Waals surface area contributed by atoms with Gasteiger partial charge < -0.3 is 19.5 Å². The van der Waals surface area contributed by atoms with E-state index in [0.29, 0.717) is 25.7 Å². The number of hydrogen-bond acceptors (Lipinski definition) is 6. The lowest BCUT2D eigenvalue weighted by Crippen LogP contribution is -2.41. The average Bonchev–Trinajstić information content (AvgIpc) is 2.46. The van der Waals surface area contributed by atoms with Crippen LogP contribution in [-0.4, -0.2) is 49.5 Å². The molecule has 100 valence electrons. The Balaban J connectivity index is 2.22. The molecule has 2 atom stereocenters. The average molecular weight is 253 g/mol. The van der Waals surface area contributed by atoms with Crippen LogP contribution in [0.2, 0.25) is 0 Å². The van der Waals surface area contributed by atoms with E-state index >= 15 is 0 Å². The van der Waals surface area contributed by atoms with Crippen LogP contribution in [0.1, 0.15) is 18.7 Å². The Morgan fingerprint density at radius 3 is 2.94 bits per heavy atom. The summed E-state index contributed by atoms with van der Waals surface area (Å²) in [5, 5.41) is 3.36. The number of hydrogen-bond donors (Lipinski definition) is 1. The van der Waals surface area contributed by atoms with Gasteiger partial charge in [0.25, 0.3) is 0 Å². The van der Waals surface area contributed by atoms with Gasteiger partial charge in [0.15, 0.2) is 0 Å². The first-order valence-corrected chi connectivity index (χ1v) is 6.14. The van der Waals surface area contributed by atoms with Crippen LogP contribution in [0.4, 0.5) is 0 Å². The fourth-order valence-electron chi connectivity index (χ4n) is 2.03. The van der Waals surface area contributed by atoms with Crippen molar-refractivity contribution in [1.82, 2.24) is 15.3 Å². The molecular weight excluding hydrogens is 234 g/mol. The predicted octanol–water partition coefficient (Wildman–Crippen LogP) is 0.551. The Hall–Kier alpha value is -1.24. The SMILES string of the molecule is CCNC(c1nccnc1OC)C1COCCO1. The fraction of sp³-hybridized carbons (Fsp3) is 0.667. The number of ether oxygens (including phenoxy) is 3. The Morgan fingerprint density at radius 2 is 2.28 bits per heavy atom. The van der Waals surface area contributed by atoms with Gasteiger partial charge in [-0.15, -0.1) is 0 Å². The van der Waals surface area contributed by atoms with Crippen molar-refractivity contribution in [3.63, 3.8) is 0 Å². The minimum absolute atomic E-state index is 0.0655. The first kappa shape index (κ1) is 13.2. The zero-order chi connectivity index (χ0) is 12.8. The molecule has 0 radical (unpaired) electrons. The third kappa shape index (κ3) is 2.95. The molecular formula is C12H19N3O3. The predicted molar refractivity (Wildman–Crippen MR) is 65.6 cm³/mol.